The predicted octanol–water partition coefficient (Wildman–Crippen LogP) is 13.3. The van der Waals surface area contributed by atoms with E-state index in [1.165, 1.54) is 22.3 Å². The number of benzene rings is 7. The fraction of sp³-hybridized carbons (Fsp3) is 0.0417. The summed E-state index contributed by atoms with van der Waals surface area (Å²) in [6, 6.07) is 56.4. The summed E-state index contributed by atoms with van der Waals surface area (Å²) in [6.45, 7) is 0. The number of hydrogen-bond acceptors (Lipinski definition) is 2. The van der Waals surface area contributed by atoms with Crippen LogP contribution in [0.4, 0.5) is 17.1 Å². The van der Waals surface area contributed by atoms with Crippen LogP contribution in [-0.2, 0) is 0 Å². The highest BCUT2D eigenvalue weighted by molar-refractivity contribution is 6.21. The van der Waals surface area contributed by atoms with Crippen LogP contribution in [0.1, 0.15) is 22.6 Å². The zero-order chi connectivity index (χ0) is 33.0. The van der Waals surface area contributed by atoms with Crippen molar-refractivity contribution in [2.75, 3.05) is 4.90 Å². The summed E-state index contributed by atoms with van der Waals surface area (Å²) in [5, 5.41) is 4.46. The number of nitrogens with zero attached hydrogens (tertiary/aromatic N) is 1. The molecule has 0 amide bonds. The van der Waals surface area contributed by atoms with Crippen LogP contribution in [0.5, 0.6) is 0 Å². The Morgan fingerprint density at radius 1 is 0.480 bits per heavy atom. The second-order valence-electron chi connectivity index (χ2n) is 13.3. The van der Waals surface area contributed by atoms with E-state index >= 15 is 0 Å². The lowest BCUT2D eigenvalue weighted by atomic mass is 9.75. The third kappa shape index (κ3) is 4.64. The van der Waals surface area contributed by atoms with Crippen molar-refractivity contribution in [2.45, 2.75) is 5.92 Å². The molecular formula is C48H33NO. The smallest absolute Gasteiger partial charge is 0.143 e. The molecule has 0 N–H and O–H groups in total. The summed E-state index contributed by atoms with van der Waals surface area (Å²) in [6.07, 6.45) is 11.8. The molecule has 0 bridgehead atoms. The molecule has 2 unspecified atom stereocenters. The third-order valence-electron chi connectivity index (χ3n) is 10.4. The Morgan fingerprint density at radius 2 is 1.16 bits per heavy atom. The molecule has 0 aliphatic heterocycles. The summed E-state index contributed by atoms with van der Waals surface area (Å²) in [5.41, 5.74) is 12.6. The average molecular weight is 640 g/mol. The fourth-order valence-electron chi connectivity index (χ4n) is 8.02. The van der Waals surface area contributed by atoms with Gasteiger partial charge in [-0.3, -0.25) is 0 Å². The van der Waals surface area contributed by atoms with Gasteiger partial charge in [-0.25, -0.2) is 0 Å². The Labute approximate surface area is 291 Å². The van der Waals surface area contributed by atoms with E-state index in [0.29, 0.717) is 11.8 Å². The number of para-hydroxylation sites is 2. The van der Waals surface area contributed by atoms with Crippen molar-refractivity contribution in [2.24, 2.45) is 5.92 Å². The summed E-state index contributed by atoms with van der Waals surface area (Å²) in [7, 11) is 0. The maximum Gasteiger partial charge on any atom is 0.143 e. The van der Waals surface area contributed by atoms with Crippen molar-refractivity contribution in [3.05, 3.63) is 199 Å². The quantitative estimate of drug-likeness (QED) is 0.186. The molecule has 2 aliphatic carbocycles. The van der Waals surface area contributed by atoms with Gasteiger partial charge in [0.2, 0.25) is 0 Å². The van der Waals surface area contributed by atoms with Gasteiger partial charge in [-0.1, -0.05) is 158 Å². The maximum atomic E-state index is 6.82. The molecule has 0 fully saturated rings. The van der Waals surface area contributed by atoms with Gasteiger partial charge in [0.1, 0.15) is 11.2 Å². The SMILES string of the molecule is C1=CC2c3ccccc3C=CC2C=C1c1cccc(N(c2ccccc2)c2cc3c4cccc(-c5ccccc5)c4oc3c3ccccc23)c1. The fourth-order valence-corrected chi connectivity index (χ4v) is 8.02. The highest BCUT2D eigenvalue weighted by Crippen LogP contribution is 2.47. The van der Waals surface area contributed by atoms with E-state index in [1.807, 2.05) is 0 Å². The Bertz CT molecular complexity index is 2660. The molecule has 0 saturated carbocycles. The molecule has 50 heavy (non-hydrogen) atoms. The molecule has 0 radical (unpaired) electrons. The molecule has 1 aromatic heterocycles. The van der Waals surface area contributed by atoms with E-state index in [0.717, 1.165) is 60.9 Å². The number of furan rings is 1. The first-order chi connectivity index (χ1) is 24.8. The van der Waals surface area contributed by atoms with Crippen molar-refractivity contribution in [1.82, 2.24) is 0 Å². The van der Waals surface area contributed by atoms with Crippen molar-refractivity contribution in [1.29, 1.82) is 0 Å². The molecule has 1 heterocycles. The number of anilines is 3. The average Bonchev–Trinajstić information content (AvgIpc) is 3.58. The first-order valence-corrected chi connectivity index (χ1v) is 17.4. The van der Waals surface area contributed by atoms with Crippen molar-refractivity contribution < 1.29 is 4.42 Å². The summed E-state index contributed by atoms with van der Waals surface area (Å²) < 4.78 is 6.82. The minimum Gasteiger partial charge on any atom is -0.455 e. The summed E-state index contributed by atoms with van der Waals surface area (Å²) in [5.74, 6) is 0.703. The second-order valence-corrected chi connectivity index (χ2v) is 13.3. The highest BCUT2D eigenvalue weighted by Gasteiger charge is 2.26. The number of rotatable bonds is 5. The Kier molecular flexibility index (Phi) is 6.67. The zero-order valence-corrected chi connectivity index (χ0v) is 27.4. The molecule has 2 atom stereocenters. The van der Waals surface area contributed by atoms with Crippen LogP contribution in [0.3, 0.4) is 0 Å². The van der Waals surface area contributed by atoms with Gasteiger partial charge < -0.3 is 9.32 Å². The Balaban J connectivity index is 1.15. The number of hydrogen-bond donors (Lipinski definition) is 0. The van der Waals surface area contributed by atoms with Gasteiger partial charge in [-0.05, 0) is 58.2 Å². The predicted molar refractivity (Wildman–Crippen MR) is 210 cm³/mol. The molecule has 2 aliphatic rings. The van der Waals surface area contributed by atoms with Crippen LogP contribution in [0.25, 0.3) is 55.5 Å². The largest absolute Gasteiger partial charge is 0.455 e. The van der Waals surface area contributed by atoms with E-state index < -0.39 is 0 Å². The van der Waals surface area contributed by atoms with Gasteiger partial charge in [0, 0.05) is 50.3 Å². The molecule has 10 rings (SSSR count). The van der Waals surface area contributed by atoms with Crippen molar-refractivity contribution >= 4 is 61.4 Å². The minimum absolute atomic E-state index is 0.334. The van der Waals surface area contributed by atoms with Crippen molar-refractivity contribution in [3.63, 3.8) is 0 Å². The summed E-state index contributed by atoms with van der Waals surface area (Å²) in [4.78, 5) is 2.40. The van der Waals surface area contributed by atoms with Crippen LogP contribution >= 0.6 is 0 Å². The molecular weight excluding hydrogens is 607 g/mol. The summed E-state index contributed by atoms with van der Waals surface area (Å²) >= 11 is 0. The van der Waals surface area contributed by atoms with Gasteiger partial charge in [0.05, 0.1) is 5.69 Å². The lowest BCUT2D eigenvalue weighted by Crippen LogP contribution is -2.14. The highest BCUT2D eigenvalue weighted by atomic mass is 16.3. The topological polar surface area (TPSA) is 16.4 Å². The molecule has 8 aromatic rings. The minimum atomic E-state index is 0.334. The van der Waals surface area contributed by atoms with Crippen LogP contribution in [0.2, 0.25) is 0 Å². The molecule has 2 heteroatoms. The standard InChI is InChI=1S/C48H33NO/c1-3-13-32(14-4-1)41-23-12-24-44-45-31-46(42-21-9-10-22-43(42)48(45)50-47(41)44)49(37-17-5-2-6-18-37)38-19-11-16-34(30-38)35-27-28-40-36(29-35)26-25-33-15-7-8-20-39(33)40/h1-31,36,40H. The lowest BCUT2D eigenvalue weighted by Gasteiger charge is -2.30. The van der Waals surface area contributed by atoms with Crippen LogP contribution in [0.15, 0.2) is 186 Å². The maximum absolute atomic E-state index is 6.82. The first kappa shape index (κ1) is 28.6. The number of fused-ring (bicyclic) bond motifs is 8. The van der Waals surface area contributed by atoms with Crippen LogP contribution in [0, 0.1) is 5.92 Å². The molecule has 0 spiro atoms. The third-order valence-corrected chi connectivity index (χ3v) is 10.4. The molecule has 7 aromatic carbocycles. The molecule has 236 valence electrons. The van der Waals surface area contributed by atoms with Crippen LogP contribution in [-0.4, -0.2) is 0 Å². The van der Waals surface area contributed by atoms with Crippen LogP contribution < -0.4 is 4.90 Å². The van der Waals surface area contributed by atoms with Gasteiger partial charge in [0.15, 0.2) is 0 Å². The van der Waals surface area contributed by atoms with E-state index in [1.54, 1.807) is 0 Å². The lowest BCUT2D eigenvalue weighted by molar-refractivity contribution is 0.674. The normalized spacial score (nSPS) is 16.4. The molecule has 2 nitrogen and oxygen atoms in total. The zero-order valence-electron chi connectivity index (χ0n) is 27.4. The molecule has 0 saturated heterocycles. The van der Waals surface area contributed by atoms with Crippen molar-refractivity contribution in [3.8, 4) is 11.1 Å². The monoisotopic (exact) mass is 639 g/mol. The van der Waals surface area contributed by atoms with Gasteiger partial charge in [-0.2, -0.15) is 0 Å². The van der Waals surface area contributed by atoms with E-state index in [9.17, 15) is 0 Å². The number of allylic oxidation sites excluding steroid dienone is 5. The van der Waals surface area contributed by atoms with Gasteiger partial charge in [0.25, 0.3) is 0 Å². The Morgan fingerprint density at radius 3 is 2.04 bits per heavy atom. The first-order valence-electron chi connectivity index (χ1n) is 17.4. The Hall–Kier alpha value is -6.38. The van der Waals surface area contributed by atoms with E-state index in [2.05, 4.69) is 193 Å². The van der Waals surface area contributed by atoms with E-state index in [4.69, 9.17) is 4.42 Å². The second kappa shape index (κ2) is 11.6. The van der Waals surface area contributed by atoms with Gasteiger partial charge in [-0.15, -0.1) is 0 Å². The van der Waals surface area contributed by atoms with E-state index in [-0.39, 0.29) is 0 Å². The van der Waals surface area contributed by atoms with Gasteiger partial charge >= 0.3 is 0 Å².